The molecular formula is C21H24N2O4S. The Balaban J connectivity index is 2.05. The Bertz CT molecular complexity index is 994. The van der Waals surface area contributed by atoms with Crippen LogP contribution in [0.25, 0.3) is 4.91 Å². The van der Waals surface area contributed by atoms with E-state index in [9.17, 15) is 13.2 Å². The molecule has 0 saturated heterocycles. The Kier molecular flexibility index (Phi) is 5.47. The molecule has 1 amide bonds. The Labute approximate surface area is 165 Å². The summed E-state index contributed by atoms with van der Waals surface area (Å²) >= 11 is 0. The molecule has 0 spiro atoms. The van der Waals surface area contributed by atoms with Gasteiger partial charge in [-0.2, -0.15) is 0 Å². The number of nitrogens with zero attached hydrogens (tertiary/aromatic N) is 1. The summed E-state index contributed by atoms with van der Waals surface area (Å²) in [6.07, 6.45) is 0.0485. The second-order valence-electron chi connectivity index (χ2n) is 7.09. The number of anilines is 1. The standard InChI is InChI=1S/C21H24N2O4S/c1-14(2)23-21(24)19(20(28(23,25)26)16-8-6-5-7-9-16)22-17-10-12-18(13-11-17)27-15(3)4/h5-15,22H,1-4H3. The van der Waals surface area contributed by atoms with Crippen molar-refractivity contribution in [3.63, 3.8) is 0 Å². The lowest BCUT2D eigenvalue weighted by molar-refractivity contribution is -0.123. The molecule has 2 aromatic carbocycles. The van der Waals surface area contributed by atoms with Crippen LogP contribution in [-0.2, 0) is 14.8 Å². The topological polar surface area (TPSA) is 75.7 Å². The van der Waals surface area contributed by atoms with E-state index in [1.807, 2.05) is 13.8 Å². The highest BCUT2D eigenvalue weighted by Crippen LogP contribution is 2.37. The third-order valence-electron chi connectivity index (χ3n) is 4.16. The molecule has 0 bridgehead atoms. The van der Waals surface area contributed by atoms with Crippen LogP contribution in [0.5, 0.6) is 5.75 Å². The number of nitrogens with one attached hydrogen (secondary N) is 1. The number of rotatable bonds is 6. The molecule has 0 unspecified atom stereocenters. The molecule has 2 aromatic rings. The summed E-state index contributed by atoms with van der Waals surface area (Å²) in [5, 5.41) is 3.01. The first-order valence-electron chi connectivity index (χ1n) is 9.14. The summed E-state index contributed by atoms with van der Waals surface area (Å²) in [5.41, 5.74) is 1.13. The van der Waals surface area contributed by atoms with Crippen molar-refractivity contribution in [2.24, 2.45) is 0 Å². The van der Waals surface area contributed by atoms with Gasteiger partial charge in [0.2, 0.25) is 0 Å². The summed E-state index contributed by atoms with van der Waals surface area (Å²) < 4.78 is 32.8. The van der Waals surface area contributed by atoms with Gasteiger partial charge < -0.3 is 10.1 Å². The molecule has 0 radical (unpaired) electrons. The van der Waals surface area contributed by atoms with Gasteiger partial charge in [-0.1, -0.05) is 30.3 Å². The molecule has 0 aromatic heterocycles. The maximum Gasteiger partial charge on any atom is 0.285 e. The van der Waals surface area contributed by atoms with Gasteiger partial charge in [-0.25, -0.2) is 12.7 Å². The van der Waals surface area contributed by atoms with E-state index in [0.717, 1.165) is 4.31 Å². The molecule has 0 fully saturated rings. The Morgan fingerprint density at radius 1 is 0.929 bits per heavy atom. The van der Waals surface area contributed by atoms with Gasteiger partial charge >= 0.3 is 0 Å². The fraction of sp³-hybridized carbons (Fsp3) is 0.286. The second kappa shape index (κ2) is 7.67. The van der Waals surface area contributed by atoms with Crippen LogP contribution in [0, 0.1) is 0 Å². The van der Waals surface area contributed by atoms with Gasteiger partial charge in [-0.05, 0) is 57.5 Å². The van der Waals surface area contributed by atoms with Crippen LogP contribution in [0.15, 0.2) is 60.3 Å². The SMILES string of the molecule is CC(C)Oc1ccc(NC2=C(c3ccccc3)S(=O)(=O)N(C(C)C)C2=O)cc1. The third kappa shape index (κ3) is 3.75. The third-order valence-corrected chi connectivity index (χ3v) is 6.22. The molecule has 0 atom stereocenters. The molecule has 148 valence electrons. The smallest absolute Gasteiger partial charge is 0.285 e. The summed E-state index contributed by atoms with van der Waals surface area (Å²) in [6, 6.07) is 15.2. The van der Waals surface area contributed by atoms with Gasteiger partial charge in [0, 0.05) is 11.7 Å². The van der Waals surface area contributed by atoms with Crippen molar-refractivity contribution in [3.8, 4) is 5.75 Å². The minimum atomic E-state index is -3.95. The predicted octanol–water partition coefficient (Wildman–Crippen LogP) is 3.83. The average molecular weight is 401 g/mol. The maximum atomic E-state index is 13.1. The van der Waals surface area contributed by atoms with Crippen LogP contribution in [0.2, 0.25) is 0 Å². The maximum absolute atomic E-state index is 13.1. The summed E-state index contributed by atoms with van der Waals surface area (Å²) in [7, 11) is -3.95. The van der Waals surface area contributed by atoms with E-state index < -0.39 is 22.0 Å². The van der Waals surface area contributed by atoms with Crippen LogP contribution in [0.1, 0.15) is 33.3 Å². The molecule has 1 N–H and O–H groups in total. The zero-order valence-corrected chi connectivity index (χ0v) is 17.2. The Morgan fingerprint density at radius 3 is 2.07 bits per heavy atom. The summed E-state index contributed by atoms with van der Waals surface area (Å²) in [5.74, 6) is 0.142. The van der Waals surface area contributed by atoms with Gasteiger partial charge in [0.15, 0.2) is 0 Å². The minimum Gasteiger partial charge on any atom is -0.491 e. The molecular weight excluding hydrogens is 376 g/mol. The van der Waals surface area contributed by atoms with Crippen molar-refractivity contribution in [1.82, 2.24) is 4.31 Å². The first kappa shape index (κ1) is 19.9. The molecule has 6 nitrogen and oxygen atoms in total. The number of amides is 1. The highest BCUT2D eigenvalue weighted by molar-refractivity contribution is 7.99. The van der Waals surface area contributed by atoms with Crippen LogP contribution in [0.3, 0.4) is 0 Å². The normalized spacial score (nSPS) is 16.2. The monoisotopic (exact) mass is 400 g/mol. The molecule has 1 aliphatic rings. The Morgan fingerprint density at radius 2 is 1.54 bits per heavy atom. The van der Waals surface area contributed by atoms with E-state index in [2.05, 4.69) is 5.32 Å². The molecule has 28 heavy (non-hydrogen) atoms. The average Bonchev–Trinajstić information content (AvgIpc) is 2.82. The van der Waals surface area contributed by atoms with Crippen molar-refractivity contribution in [3.05, 3.63) is 65.9 Å². The van der Waals surface area contributed by atoms with Crippen molar-refractivity contribution in [1.29, 1.82) is 0 Å². The zero-order valence-electron chi connectivity index (χ0n) is 16.3. The van der Waals surface area contributed by atoms with E-state index in [4.69, 9.17) is 4.74 Å². The van der Waals surface area contributed by atoms with Gasteiger partial charge in [-0.15, -0.1) is 0 Å². The number of ether oxygens (including phenoxy) is 1. The van der Waals surface area contributed by atoms with E-state index in [1.165, 1.54) is 0 Å². The first-order chi connectivity index (χ1) is 13.2. The quantitative estimate of drug-likeness (QED) is 0.797. The van der Waals surface area contributed by atoms with E-state index in [1.54, 1.807) is 68.4 Å². The largest absolute Gasteiger partial charge is 0.491 e. The van der Waals surface area contributed by atoms with E-state index in [0.29, 0.717) is 17.0 Å². The predicted molar refractivity (Wildman–Crippen MR) is 110 cm³/mol. The number of sulfonamides is 1. The van der Waals surface area contributed by atoms with Gasteiger partial charge in [-0.3, -0.25) is 4.79 Å². The van der Waals surface area contributed by atoms with E-state index >= 15 is 0 Å². The van der Waals surface area contributed by atoms with Gasteiger partial charge in [0.25, 0.3) is 15.9 Å². The second-order valence-corrected chi connectivity index (χ2v) is 8.84. The van der Waals surface area contributed by atoms with Crippen molar-refractivity contribution in [2.45, 2.75) is 39.8 Å². The lowest BCUT2D eigenvalue weighted by atomic mass is 10.1. The lowest BCUT2D eigenvalue weighted by Crippen LogP contribution is -2.38. The minimum absolute atomic E-state index is 0.00527. The number of carbonyl (C=O) groups is 1. The van der Waals surface area contributed by atoms with Crippen LogP contribution < -0.4 is 10.1 Å². The van der Waals surface area contributed by atoms with Gasteiger partial charge in [0.1, 0.15) is 16.4 Å². The van der Waals surface area contributed by atoms with Crippen LogP contribution >= 0.6 is 0 Å². The molecule has 0 saturated carbocycles. The number of hydrogen-bond donors (Lipinski definition) is 1. The van der Waals surface area contributed by atoms with E-state index in [-0.39, 0.29) is 16.7 Å². The van der Waals surface area contributed by atoms with Crippen molar-refractivity contribution < 1.29 is 17.9 Å². The fourth-order valence-electron chi connectivity index (χ4n) is 3.08. The number of benzene rings is 2. The summed E-state index contributed by atoms with van der Waals surface area (Å²) in [4.78, 5) is 13.0. The number of carbonyl (C=O) groups excluding carboxylic acids is 1. The Hall–Kier alpha value is -2.80. The molecule has 1 heterocycles. The van der Waals surface area contributed by atoms with Gasteiger partial charge in [0.05, 0.1) is 6.10 Å². The molecule has 3 rings (SSSR count). The van der Waals surface area contributed by atoms with Crippen LogP contribution in [0.4, 0.5) is 5.69 Å². The fourth-order valence-corrected chi connectivity index (χ4v) is 4.97. The van der Waals surface area contributed by atoms with Crippen LogP contribution in [-0.4, -0.2) is 30.8 Å². The molecule has 1 aliphatic heterocycles. The van der Waals surface area contributed by atoms with Crippen molar-refractivity contribution >= 4 is 26.5 Å². The highest BCUT2D eigenvalue weighted by Gasteiger charge is 2.45. The zero-order chi connectivity index (χ0) is 20.5. The first-order valence-corrected chi connectivity index (χ1v) is 10.6. The van der Waals surface area contributed by atoms with Crippen molar-refractivity contribution in [2.75, 3.05) is 5.32 Å². The number of hydrogen-bond acceptors (Lipinski definition) is 5. The molecule has 7 heteroatoms. The lowest BCUT2D eigenvalue weighted by Gasteiger charge is -2.20. The highest BCUT2D eigenvalue weighted by atomic mass is 32.2. The summed E-state index contributed by atoms with van der Waals surface area (Å²) in [6.45, 7) is 7.23. The molecule has 0 aliphatic carbocycles.